The van der Waals surface area contributed by atoms with Gasteiger partial charge in [-0.05, 0) is 24.1 Å². The molecule has 2 amide bonds. The number of carbonyl (C=O) groups excluding carboxylic acids is 1. The zero-order valence-electron chi connectivity index (χ0n) is 14.9. The predicted molar refractivity (Wildman–Crippen MR) is 98.7 cm³/mol. The Hall–Kier alpha value is -2.56. The number of amides is 2. The molecule has 1 saturated heterocycles. The molecule has 4 rings (SSSR count). The van der Waals surface area contributed by atoms with E-state index in [1.54, 1.807) is 4.90 Å². The first-order valence-electron chi connectivity index (χ1n) is 8.80. The van der Waals surface area contributed by atoms with E-state index < -0.39 is 0 Å². The molecule has 3 heterocycles. The van der Waals surface area contributed by atoms with Gasteiger partial charge < -0.3 is 14.7 Å². The monoisotopic (exact) mass is 336 g/mol. The highest BCUT2D eigenvalue weighted by Gasteiger charge is 2.49. The van der Waals surface area contributed by atoms with E-state index in [1.165, 1.54) is 11.3 Å². The van der Waals surface area contributed by atoms with Crippen molar-refractivity contribution in [3.8, 4) is 0 Å². The van der Waals surface area contributed by atoms with Gasteiger partial charge in [0, 0.05) is 46.5 Å². The Balaban J connectivity index is 1.62. The van der Waals surface area contributed by atoms with Crippen LogP contribution in [-0.2, 0) is 12.0 Å². The molecule has 1 aromatic heterocycles. The Morgan fingerprint density at radius 2 is 1.96 bits per heavy atom. The van der Waals surface area contributed by atoms with Gasteiger partial charge in [-0.2, -0.15) is 0 Å². The molecule has 1 aromatic carbocycles. The number of pyridine rings is 1. The summed E-state index contributed by atoms with van der Waals surface area (Å²) in [6.07, 6.45) is 2.85. The largest absolute Gasteiger partial charge is 0.365 e. The Labute approximate surface area is 148 Å². The summed E-state index contributed by atoms with van der Waals surface area (Å²) in [6.45, 7) is 3.35. The quantitative estimate of drug-likeness (QED) is 0.846. The Bertz CT molecular complexity index is 776. The number of nitrogens with zero attached hydrogens (tertiary/aromatic N) is 4. The van der Waals surface area contributed by atoms with Crippen molar-refractivity contribution in [2.45, 2.75) is 18.4 Å². The van der Waals surface area contributed by atoms with Crippen LogP contribution in [-0.4, -0.2) is 54.5 Å². The molecule has 0 radical (unpaired) electrons. The molecular weight excluding hydrogens is 312 g/mol. The summed E-state index contributed by atoms with van der Waals surface area (Å²) in [5, 5.41) is 0. The molecule has 2 aliphatic heterocycles. The fourth-order valence-electron chi connectivity index (χ4n) is 4.17. The van der Waals surface area contributed by atoms with Crippen LogP contribution in [0.5, 0.6) is 0 Å². The highest BCUT2D eigenvalue weighted by atomic mass is 16.2. The van der Waals surface area contributed by atoms with E-state index in [9.17, 15) is 4.79 Å². The summed E-state index contributed by atoms with van der Waals surface area (Å²) < 4.78 is 0. The lowest BCUT2D eigenvalue weighted by Crippen LogP contribution is -2.41. The summed E-state index contributed by atoms with van der Waals surface area (Å²) >= 11 is 0. The molecule has 0 N–H and O–H groups in total. The molecule has 25 heavy (non-hydrogen) atoms. The first-order valence-corrected chi connectivity index (χ1v) is 8.80. The van der Waals surface area contributed by atoms with E-state index in [1.807, 2.05) is 37.3 Å². The van der Waals surface area contributed by atoms with Crippen LogP contribution >= 0.6 is 0 Å². The van der Waals surface area contributed by atoms with Gasteiger partial charge >= 0.3 is 6.03 Å². The molecule has 0 aliphatic carbocycles. The summed E-state index contributed by atoms with van der Waals surface area (Å²) in [5.74, 6) is 0. The molecule has 0 unspecified atom stereocenters. The van der Waals surface area contributed by atoms with Crippen molar-refractivity contribution in [3.05, 3.63) is 59.9 Å². The van der Waals surface area contributed by atoms with Gasteiger partial charge in [0.15, 0.2) is 0 Å². The van der Waals surface area contributed by atoms with E-state index in [4.69, 9.17) is 4.98 Å². The zero-order valence-corrected chi connectivity index (χ0v) is 14.9. The molecule has 1 fully saturated rings. The lowest BCUT2D eigenvalue weighted by Gasteiger charge is -2.27. The maximum atomic E-state index is 12.4. The minimum absolute atomic E-state index is 0.0446. The van der Waals surface area contributed by atoms with Gasteiger partial charge in [-0.15, -0.1) is 0 Å². The van der Waals surface area contributed by atoms with Crippen molar-refractivity contribution >= 4 is 11.7 Å². The van der Waals surface area contributed by atoms with Gasteiger partial charge in [-0.3, -0.25) is 4.98 Å². The van der Waals surface area contributed by atoms with Gasteiger partial charge in [-0.25, -0.2) is 4.79 Å². The summed E-state index contributed by atoms with van der Waals surface area (Å²) in [7, 11) is 3.63. The third-order valence-electron chi connectivity index (χ3n) is 5.35. The van der Waals surface area contributed by atoms with Crippen molar-refractivity contribution in [1.82, 2.24) is 14.8 Å². The van der Waals surface area contributed by atoms with Crippen LogP contribution in [0.1, 0.15) is 17.7 Å². The molecule has 1 atom stereocenters. The smallest absolute Gasteiger partial charge is 0.319 e. The number of carbonyl (C=O) groups is 1. The molecular formula is C20H24N4O. The molecule has 2 aromatic rings. The Morgan fingerprint density at radius 1 is 1.16 bits per heavy atom. The number of rotatable bonds is 2. The SMILES string of the molecule is CN(C)C(=O)N1CC[C@]2(C1)CN(Cc1ccccc1)c1cccnc12. The van der Waals surface area contributed by atoms with Gasteiger partial charge in [0.25, 0.3) is 0 Å². The van der Waals surface area contributed by atoms with Crippen molar-refractivity contribution in [2.24, 2.45) is 0 Å². The average molecular weight is 336 g/mol. The summed E-state index contributed by atoms with van der Waals surface area (Å²) in [5.41, 5.74) is 3.62. The van der Waals surface area contributed by atoms with Gasteiger partial charge in [0.2, 0.25) is 0 Å². The number of hydrogen-bond acceptors (Lipinski definition) is 3. The fourth-order valence-corrected chi connectivity index (χ4v) is 4.17. The predicted octanol–water partition coefficient (Wildman–Crippen LogP) is 2.73. The van der Waals surface area contributed by atoms with Crippen LogP contribution in [0.15, 0.2) is 48.7 Å². The third kappa shape index (κ3) is 2.73. The number of aromatic nitrogens is 1. The molecule has 5 nitrogen and oxygen atoms in total. The van der Waals surface area contributed by atoms with E-state index in [0.717, 1.165) is 38.3 Å². The molecule has 1 spiro atoms. The van der Waals surface area contributed by atoms with Crippen molar-refractivity contribution in [3.63, 3.8) is 0 Å². The van der Waals surface area contributed by atoms with Crippen LogP contribution in [0.25, 0.3) is 0 Å². The second kappa shape index (κ2) is 6.06. The summed E-state index contributed by atoms with van der Waals surface area (Å²) in [4.78, 5) is 23.2. The minimum Gasteiger partial charge on any atom is -0.365 e. The highest BCUT2D eigenvalue weighted by Crippen LogP contribution is 2.45. The minimum atomic E-state index is -0.0446. The molecule has 5 heteroatoms. The number of fused-ring (bicyclic) bond motifs is 2. The standard InChI is InChI=1S/C20H24N4O/c1-22(2)19(25)23-12-10-20(14-23)15-24(13-16-7-4-3-5-8-16)17-9-6-11-21-18(17)20/h3-9,11H,10,12-15H2,1-2H3/t20-/m0/s1. The van der Waals surface area contributed by atoms with Gasteiger partial charge in [0.1, 0.15) is 0 Å². The lowest BCUT2D eigenvalue weighted by molar-refractivity contribution is 0.179. The maximum Gasteiger partial charge on any atom is 0.319 e. The second-order valence-corrected chi connectivity index (χ2v) is 7.34. The maximum absolute atomic E-state index is 12.4. The first kappa shape index (κ1) is 15.9. The number of likely N-dealkylation sites (tertiary alicyclic amines) is 1. The van der Waals surface area contributed by atoms with Crippen molar-refractivity contribution in [2.75, 3.05) is 38.6 Å². The summed E-state index contributed by atoms with van der Waals surface area (Å²) in [6, 6.07) is 14.8. The normalized spacial score (nSPS) is 21.7. The van der Waals surface area contributed by atoms with Crippen LogP contribution in [0, 0.1) is 0 Å². The highest BCUT2D eigenvalue weighted by molar-refractivity contribution is 5.75. The number of benzene rings is 1. The van der Waals surface area contributed by atoms with E-state index in [-0.39, 0.29) is 11.4 Å². The number of hydrogen-bond donors (Lipinski definition) is 0. The molecule has 130 valence electrons. The third-order valence-corrected chi connectivity index (χ3v) is 5.35. The van der Waals surface area contributed by atoms with E-state index in [0.29, 0.717) is 0 Å². The lowest BCUT2D eigenvalue weighted by atomic mass is 9.85. The van der Waals surface area contributed by atoms with Crippen LogP contribution < -0.4 is 4.90 Å². The van der Waals surface area contributed by atoms with Crippen LogP contribution in [0.3, 0.4) is 0 Å². The number of urea groups is 1. The zero-order chi connectivity index (χ0) is 17.4. The van der Waals surface area contributed by atoms with Gasteiger partial charge in [-0.1, -0.05) is 30.3 Å². The molecule has 0 saturated carbocycles. The van der Waals surface area contributed by atoms with Gasteiger partial charge in [0.05, 0.1) is 16.8 Å². The van der Waals surface area contributed by atoms with E-state index >= 15 is 0 Å². The fraction of sp³-hybridized carbons (Fsp3) is 0.400. The molecule has 2 aliphatic rings. The Morgan fingerprint density at radius 3 is 2.72 bits per heavy atom. The average Bonchev–Trinajstić information content (AvgIpc) is 3.18. The van der Waals surface area contributed by atoms with Crippen molar-refractivity contribution in [1.29, 1.82) is 0 Å². The first-order chi connectivity index (χ1) is 12.1. The molecule has 0 bridgehead atoms. The topological polar surface area (TPSA) is 39.7 Å². The van der Waals surface area contributed by atoms with Crippen LogP contribution in [0.2, 0.25) is 0 Å². The Kier molecular flexibility index (Phi) is 3.86. The van der Waals surface area contributed by atoms with E-state index in [2.05, 4.69) is 35.2 Å². The van der Waals surface area contributed by atoms with Crippen molar-refractivity contribution < 1.29 is 4.79 Å². The van der Waals surface area contributed by atoms with Crippen LogP contribution in [0.4, 0.5) is 10.5 Å². The number of anilines is 1. The second-order valence-electron chi connectivity index (χ2n) is 7.34.